The second-order valence-electron chi connectivity index (χ2n) is 6.47. The first-order valence-electron chi connectivity index (χ1n) is 9.32. The summed E-state index contributed by atoms with van der Waals surface area (Å²) < 4.78 is 10.4. The van der Waals surface area contributed by atoms with Crippen LogP contribution in [0.2, 0.25) is 0 Å². The van der Waals surface area contributed by atoms with Crippen LogP contribution in [0.3, 0.4) is 0 Å². The summed E-state index contributed by atoms with van der Waals surface area (Å²) in [5, 5.41) is 0. The topological polar surface area (TPSA) is 79.4 Å². The molecule has 146 valence electrons. The van der Waals surface area contributed by atoms with Gasteiger partial charge in [-0.1, -0.05) is 12.1 Å². The standard InChI is InChI=1S/C19H25N3O5/c1-2-26-19(25)21-12-10-20(11-13-21)17(23)8-5-9-22-15-6-3-4-7-16(15)27-14-18(22)24/h3-4,6-7H,2,5,8-14H2,1H3. The minimum absolute atomic E-state index is 0.0286. The average Bonchev–Trinajstić information content (AvgIpc) is 2.70. The van der Waals surface area contributed by atoms with Crippen LogP contribution < -0.4 is 9.64 Å². The number of anilines is 1. The Morgan fingerprint density at radius 3 is 2.56 bits per heavy atom. The molecule has 2 heterocycles. The number of carbonyl (C=O) groups excluding carboxylic acids is 3. The molecule has 0 N–H and O–H groups in total. The lowest BCUT2D eigenvalue weighted by molar-refractivity contribution is -0.133. The Balaban J connectivity index is 1.45. The largest absolute Gasteiger partial charge is 0.482 e. The molecule has 0 unspecified atom stereocenters. The van der Waals surface area contributed by atoms with Crippen LogP contribution in [0, 0.1) is 0 Å². The summed E-state index contributed by atoms with van der Waals surface area (Å²) in [5.41, 5.74) is 0.754. The molecule has 8 heteroatoms. The second-order valence-corrected chi connectivity index (χ2v) is 6.47. The van der Waals surface area contributed by atoms with Gasteiger partial charge in [-0.05, 0) is 25.5 Å². The Morgan fingerprint density at radius 2 is 1.81 bits per heavy atom. The van der Waals surface area contributed by atoms with E-state index in [0.29, 0.717) is 57.9 Å². The lowest BCUT2D eigenvalue weighted by Crippen LogP contribution is -2.50. The van der Waals surface area contributed by atoms with Gasteiger partial charge in [-0.15, -0.1) is 0 Å². The SMILES string of the molecule is CCOC(=O)N1CCN(C(=O)CCCN2C(=O)COc3ccccc32)CC1. The van der Waals surface area contributed by atoms with Crippen molar-refractivity contribution in [1.82, 2.24) is 9.80 Å². The maximum Gasteiger partial charge on any atom is 0.409 e. The third-order valence-corrected chi connectivity index (χ3v) is 4.74. The highest BCUT2D eigenvalue weighted by Gasteiger charge is 2.27. The molecule has 0 radical (unpaired) electrons. The molecule has 1 fully saturated rings. The second kappa shape index (κ2) is 8.75. The molecule has 1 aromatic carbocycles. The van der Waals surface area contributed by atoms with Crippen molar-refractivity contribution >= 4 is 23.6 Å². The van der Waals surface area contributed by atoms with E-state index in [0.717, 1.165) is 5.69 Å². The Labute approximate surface area is 158 Å². The van der Waals surface area contributed by atoms with Crippen LogP contribution in [-0.2, 0) is 14.3 Å². The van der Waals surface area contributed by atoms with E-state index in [1.165, 1.54) is 0 Å². The van der Waals surface area contributed by atoms with E-state index in [4.69, 9.17) is 9.47 Å². The highest BCUT2D eigenvalue weighted by molar-refractivity contribution is 5.97. The quantitative estimate of drug-likeness (QED) is 0.779. The first kappa shape index (κ1) is 19.0. The van der Waals surface area contributed by atoms with Gasteiger partial charge in [0.1, 0.15) is 5.75 Å². The van der Waals surface area contributed by atoms with Crippen LogP contribution in [-0.4, -0.2) is 73.6 Å². The van der Waals surface area contributed by atoms with Gasteiger partial charge in [0.05, 0.1) is 12.3 Å². The van der Waals surface area contributed by atoms with E-state index < -0.39 is 0 Å². The first-order valence-corrected chi connectivity index (χ1v) is 9.32. The van der Waals surface area contributed by atoms with Crippen molar-refractivity contribution in [2.75, 3.05) is 50.8 Å². The lowest BCUT2D eigenvalue weighted by atomic mass is 10.2. The van der Waals surface area contributed by atoms with E-state index in [9.17, 15) is 14.4 Å². The van der Waals surface area contributed by atoms with Crippen molar-refractivity contribution in [2.45, 2.75) is 19.8 Å². The number of hydrogen-bond acceptors (Lipinski definition) is 5. The number of hydrogen-bond donors (Lipinski definition) is 0. The van der Waals surface area contributed by atoms with Crippen LogP contribution in [0.1, 0.15) is 19.8 Å². The predicted molar refractivity (Wildman–Crippen MR) is 98.7 cm³/mol. The number of fused-ring (bicyclic) bond motifs is 1. The molecule has 3 rings (SSSR count). The minimum Gasteiger partial charge on any atom is -0.482 e. The van der Waals surface area contributed by atoms with Crippen LogP contribution in [0.5, 0.6) is 5.75 Å². The Bertz CT molecular complexity index is 700. The van der Waals surface area contributed by atoms with E-state index in [1.807, 2.05) is 24.3 Å². The summed E-state index contributed by atoms with van der Waals surface area (Å²) in [6.07, 6.45) is 0.623. The van der Waals surface area contributed by atoms with Crippen molar-refractivity contribution in [3.8, 4) is 5.75 Å². The summed E-state index contributed by atoms with van der Waals surface area (Å²) >= 11 is 0. The number of rotatable bonds is 5. The van der Waals surface area contributed by atoms with Crippen molar-refractivity contribution in [1.29, 1.82) is 0 Å². The minimum atomic E-state index is -0.325. The van der Waals surface area contributed by atoms with Crippen LogP contribution in [0.15, 0.2) is 24.3 Å². The Kier molecular flexibility index (Phi) is 6.16. The fraction of sp³-hybridized carbons (Fsp3) is 0.526. The number of ether oxygens (including phenoxy) is 2. The van der Waals surface area contributed by atoms with Gasteiger partial charge in [0.2, 0.25) is 5.91 Å². The van der Waals surface area contributed by atoms with Crippen molar-refractivity contribution in [3.05, 3.63) is 24.3 Å². The van der Waals surface area contributed by atoms with Gasteiger partial charge in [-0.3, -0.25) is 9.59 Å². The zero-order valence-corrected chi connectivity index (χ0v) is 15.6. The molecule has 0 bridgehead atoms. The average molecular weight is 375 g/mol. The van der Waals surface area contributed by atoms with Gasteiger partial charge in [0, 0.05) is 39.1 Å². The van der Waals surface area contributed by atoms with Gasteiger partial charge < -0.3 is 24.2 Å². The third kappa shape index (κ3) is 4.50. The molecule has 0 aliphatic carbocycles. The molecule has 27 heavy (non-hydrogen) atoms. The Hall–Kier alpha value is -2.77. The summed E-state index contributed by atoms with van der Waals surface area (Å²) in [7, 11) is 0. The van der Waals surface area contributed by atoms with E-state index in [2.05, 4.69) is 0 Å². The number of carbonyl (C=O) groups is 3. The number of nitrogens with zero attached hydrogens (tertiary/aromatic N) is 3. The van der Waals surface area contributed by atoms with Crippen molar-refractivity contribution in [2.24, 2.45) is 0 Å². The molecule has 3 amide bonds. The fourth-order valence-electron chi connectivity index (χ4n) is 3.30. The molecule has 2 aliphatic heterocycles. The van der Waals surface area contributed by atoms with E-state index in [-0.39, 0.29) is 24.5 Å². The summed E-state index contributed by atoms with van der Waals surface area (Å²) in [6.45, 7) is 4.62. The van der Waals surface area contributed by atoms with Crippen molar-refractivity contribution < 1.29 is 23.9 Å². The maximum absolute atomic E-state index is 12.4. The molecule has 8 nitrogen and oxygen atoms in total. The molecule has 0 spiro atoms. The Morgan fingerprint density at radius 1 is 1.11 bits per heavy atom. The normalized spacial score (nSPS) is 16.6. The van der Waals surface area contributed by atoms with Gasteiger partial charge in [-0.25, -0.2) is 4.79 Å². The highest BCUT2D eigenvalue weighted by Crippen LogP contribution is 2.31. The number of benzene rings is 1. The summed E-state index contributed by atoms with van der Waals surface area (Å²) in [4.78, 5) is 41.4. The molecule has 0 atom stereocenters. The molecule has 1 aromatic rings. The van der Waals surface area contributed by atoms with Crippen LogP contribution >= 0.6 is 0 Å². The van der Waals surface area contributed by atoms with Gasteiger partial charge >= 0.3 is 6.09 Å². The molecule has 1 saturated heterocycles. The van der Waals surface area contributed by atoms with E-state index in [1.54, 1.807) is 21.6 Å². The number of amides is 3. The zero-order chi connectivity index (χ0) is 19.2. The molecule has 0 aromatic heterocycles. The fourth-order valence-corrected chi connectivity index (χ4v) is 3.30. The maximum atomic E-state index is 12.4. The zero-order valence-electron chi connectivity index (χ0n) is 15.6. The highest BCUT2D eigenvalue weighted by atomic mass is 16.6. The molecule has 2 aliphatic rings. The van der Waals surface area contributed by atoms with Crippen LogP contribution in [0.25, 0.3) is 0 Å². The monoisotopic (exact) mass is 375 g/mol. The van der Waals surface area contributed by atoms with E-state index >= 15 is 0 Å². The van der Waals surface area contributed by atoms with Crippen LogP contribution in [0.4, 0.5) is 10.5 Å². The predicted octanol–water partition coefficient (Wildman–Crippen LogP) is 1.49. The molecular formula is C19H25N3O5. The van der Waals surface area contributed by atoms with Gasteiger partial charge in [0.25, 0.3) is 5.91 Å². The van der Waals surface area contributed by atoms with Gasteiger partial charge in [0.15, 0.2) is 6.61 Å². The summed E-state index contributed by atoms with van der Waals surface area (Å²) in [5.74, 6) is 0.648. The molecular weight excluding hydrogens is 350 g/mol. The summed E-state index contributed by atoms with van der Waals surface area (Å²) in [6, 6.07) is 7.42. The number of para-hydroxylation sites is 2. The smallest absolute Gasteiger partial charge is 0.409 e. The molecule has 0 saturated carbocycles. The van der Waals surface area contributed by atoms with Gasteiger partial charge in [-0.2, -0.15) is 0 Å². The number of piperazine rings is 1. The third-order valence-electron chi connectivity index (χ3n) is 4.74. The van der Waals surface area contributed by atoms with Crippen molar-refractivity contribution in [3.63, 3.8) is 0 Å². The first-order chi connectivity index (χ1) is 13.1. The lowest BCUT2D eigenvalue weighted by Gasteiger charge is -2.34.